The summed E-state index contributed by atoms with van der Waals surface area (Å²) in [5, 5.41) is 21.9. The van der Waals surface area contributed by atoms with Gasteiger partial charge in [0.15, 0.2) is 0 Å². The SMILES string of the molecule is CCCCC(O)CCCCCCC(C=CC(=O)O)Nc1ccc[nH]1. The predicted molar refractivity (Wildman–Crippen MR) is 98.2 cm³/mol. The van der Waals surface area contributed by atoms with Crippen molar-refractivity contribution in [1.29, 1.82) is 0 Å². The highest BCUT2D eigenvalue weighted by molar-refractivity contribution is 5.79. The molecule has 0 saturated carbocycles. The first-order chi connectivity index (χ1) is 11.6. The first kappa shape index (κ1) is 20.3. The maximum atomic E-state index is 10.7. The first-order valence-electron chi connectivity index (χ1n) is 9.11. The quantitative estimate of drug-likeness (QED) is 0.301. The van der Waals surface area contributed by atoms with E-state index in [0.29, 0.717) is 0 Å². The minimum atomic E-state index is -0.922. The number of aromatic nitrogens is 1. The summed E-state index contributed by atoms with van der Waals surface area (Å²) in [5.74, 6) is -0.0246. The number of aromatic amines is 1. The maximum absolute atomic E-state index is 10.7. The van der Waals surface area contributed by atoms with Crippen LogP contribution in [0.15, 0.2) is 30.5 Å². The Balaban J connectivity index is 2.21. The molecule has 0 bridgehead atoms. The molecule has 0 spiro atoms. The molecule has 0 aromatic carbocycles. The molecule has 1 aromatic rings. The Morgan fingerprint density at radius 3 is 2.54 bits per heavy atom. The molecule has 0 radical (unpaired) electrons. The van der Waals surface area contributed by atoms with Gasteiger partial charge in [-0.3, -0.25) is 0 Å². The van der Waals surface area contributed by atoms with E-state index < -0.39 is 5.97 Å². The monoisotopic (exact) mass is 336 g/mol. The third kappa shape index (κ3) is 10.1. The summed E-state index contributed by atoms with van der Waals surface area (Å²) in [6.07, 6.45) is 13.8. The van der Waals surface area contributed by atoms with Crippen LogP contribution in [0, 0.1) is 0 Å². The van der Waals surface area contributed by atoms with Crippen LogP contribution in [0.3, 0.4) is 0 Å². The number of aliphatic hydroxyl groups is 1. The van der Waals surface area contributed by atoms with Crippen molar-refractivity contribution in [2.24, 2.45) is 0 Å². The largest absolute Gasteiger partial charge is 0.478 e. The van der Waals surface area contributed by atoms with E-state index >= 15 is 0 Å². The zero-order valence-corrected chi connectivity index (χ0v) is 14.7. The molecule has 136 valence electrons. The van der Waals surface area contributed by atoms with Gasteiger partial charge in [0.05, 0.1) is 6.10 Å². The third-order valence-electron chi connectivity index (χ3n) is 4.10. The number of hydrogen-bond acceptors (Lipinski definition) is 3. The summed E-state index contributed by atoms with van der Waals surface area (Å²) >= 11 is 0. The Hall–Kier alpha value is -1.75. The molecule has 0 fully saturated rings. The number of carbonyl (C=O) groups is 1. The van der Waals surface area contributed by atoms with Gasteiger partial charge in [-0.05, 0) is 31.4 Å². The standard InChI is InChI=1S/C19H32N2O3/c1-2-3-10-17(22)11-7-5-4-6-9-16(13-14-19(23)24)21-18-12-8-15-20-18/h8,12-17,20-22H,2-7,9-11H2,1H3,(H,23,24). The van der Waals surface area contributed by atoms with Gasteiger partial charge in [0.1, 0.15) is 5.82 Å². The molecule has 5 nitrogen and oxygen atoms in total. The highest BCUT2D eigenvalue weighted by atomic mass is 16.4. The normalized spacial score (nSPS) is 13.9. The lowest BCUT2D eigenvalue weighted by molar-refractivity contribution is -0.131. The van der Waals surface area contributed by atoms with E-state index in [4.69, 9.17) is 5.11 Å². The maximum Gasteiger partial charge on any atom is 0.328 e. The fourth-order valence-electron chi connectivity index (χ4n) is 2.72. The number of carboxylic acid groups (broad SMARTS) is 1. The number of H-pyrrole nitrogens is 1. The molecule has 0 saturated heterocycles. The number of unbranched alkanes of at least 4 members (excludes halogenated alkanes) is 4. The summed E-state index contributed by atoms with van der Waals surface area (Å²) < 4.78 is 0. The van der Waals surface area contributed by atoms with Crippen LogP contribution in [0.1, 0.15) is 64.7 Å². The van der Waals surface area contributed by atoms with Crippen molar-refractivity contribution < 1.29 is 15.0 Å². The van der Waals surface area contributed by atoms with E-state index in [1.54, 1.807) is 6.08 Å². The number of nitrogens with one attached hydrogen (secondary N) is 2. The fourth-order valence-corrected chi connectivity index (χ4v) is 2.72. The molecule has 5 heteroatoms. The molecule has 4 N–H and O–H groups in total. The Labute approximate surface area is 145 Å². The average molecular weight is 336 g/mol. The minimum Gasteiger partial charge on any atom is -0.478 e. The van der Waals surface area contributed by atoms with Gasteiger partial charge in [-0.15, -0.1) is 0 Å². The van der Waals surface area contributed by atoms with Gasteiger partial charge in [-0.25, -0.2) is 4.79 Å². The van der Waals surface area contributed by atoms with Crippen molar-refractivity contribution in [2.75, 3.05) is 5.32 Å². The topological polar surface area (TPSA) is 85.3 Å². The van der Waals surface area contributed by atoms with Crippen molar-refractivity contribution in [3.05, 3.63) is 30.5 Å². The number of hydrogen-bond donors (Lipinski definition) is 4. The molecule has 24 heavy (non-hydrogen) atoms. The van der Waals surface area contributed by atoms with Crippen LogP contribution < -0.4 is 5.32 Å². The Bertz CT molecular complexity index is 457. The lowest BCUT2D eigenvalue weighted by atomic mass is 10.0. The van der Waals surface area contributed by atoms with Crippen LogP contribution in [0.2, 0.25) is 0 Å². The predicted octanol–water partition coefficient (Wildman–Crippen LogP) is 4.33. The Morgan fingerprint density at radius 2 is 1.92 bits per heavy atom. The van der Waals surface area contributed by atoms with Gasteiger partial charge >= 0.3 is 5.97 Å². The smallest absolute Gasteiger partial charge is 0.328 e. The molecule has 1 aromatic heterocycles. The molecule has 0 aliphatic rings. The lowest BCUT2D eigenvalue weighted by Crippen LogP contribution is -2.17. The van der Waals surface area contributed by atoms with Crippen molar-refractivity contribution in [3.63, 3.8) is 0 Å². The number of aliphatic carboxylic acids is 1. The van der Waals surface area contributed by atoms with Crippen LogP contribution in [0.4, 0.5) is 5.82 Å². The summed E-state index contributed by atoms with van der Waals surface area (Å²) in [5.41, 5.74) is 0. The van der Waals surface area contributed by atoms with E-state index in [9.17, 15) is 9.90 Å². The zero-order chi connectivity index (χ0) is 17.6. The summed E-state index contributed by atoms with van der Waals surface area (Å²) in [6, 6.07) is 3.85. The van der Waals surface area contributed by atoms with E-state index in [1.165, 1.54) is 6.08 Å². The van der Waals surface area contributed by atoms with Crippen molar-refractivity contribution in [2.45, 2.75) is 76.9 Å². The van der Waals surface area contributed by atoms with Crippen LogP contribution in [0.25, 0.3) is 0 Å². The van der Waals surface area contributed by atoms with Gasteiger partial charge in [-0.1, -0.05) is 51.5 Å². The molecule has 2 atom stereocenters. The molecule has 0 aliphatic carbocycles. The van der Waals surface area contributed by atoms with Crippen LogP contribution in [0.5, 0.6) is 0 Å². The number of aliphatic hydroxyl groups excluding tert-OH is 1. The molecule has 0 amide bonds. The van der Waals surface area contributed by atoms with Gasteiger partial charge < -0.3 is 20.5 Å². The van der Waals surface area contributed by atoms with Crippen molar-refractivity contribution in [1.82, 2.24) is 4.98 Å². The van der Waals surface area contributed by atoms with Crippen molar-refractivity contribution >= 4 is 11.8 Å². The molecular weight excluding hydrogens is 304 g/mol. The van der Waals surface area contributed by atoms with Gasteiger partial charge in [0.25, 0.3) is 0 Å². The third-order valence-corrected chi connectivity index (χ3v) is 4.10. The van der Waals surface area contributed by atoms with Gasteiger partial charge in [-0.2, -0.15) is 0 Å². The fraction of sp³-hybridized carbons (Fsp3) is 0.632. The second kappa shape index (κ2) is 12.6. The molecule has 2 unspecified atom stereocenters. The molecule has 0 aliphatic heterocycles. The molecular formula is C19H32N2O3. The molecule has 1 heterocycles. The van der Waals surface area contributed by atoms with E-state index in [0.717, 1.165) is 63.6 Å². The van der Waals surface area contributed by atoms with Crippen molar-refractivity contribution in [3.8, 4) is 0 Å². The highest BCUT2D eigenvalue weighted by Crippen LogP contribution is 2.14. The van der Waals surface area contributed by atoms with E-state index in [1.807, 2.05) is 18.3 Å². The minimum absolute atomic E-state index is 0.00916. The second-order valence-electron chi connectivity index (χ2n) is 6.32. The number of rotatable bonds is 14. The highest BCUT2D eigenvalue weighted by Gasteiger charge is 2.07. The number of anilines is 1. The Morgan fingerprint density at radius 1 is 1.21 bits per heavy atom. The Kier molecular flexibility index (Phi) is 10.7. The van der Waals surface area contributed by atoms with E-state index in [-0.39, 0.29) is 12.1 Å². The summed E-state index contributed by atoms with van der Waals surface area (Å²) in [4.78, 5) is 13.8. The van der Waals surface area contributed by atoms with Crippen LogP contribution in [-0.2, 0) is 4.79 Å². The van der Waals surface area contributed by atoms with Crippen LogP contribution in [-0.4, -0.2) is 33.3 Å². The molecule has 1 rings (SSSR count). The van der Waals surface area contributed by atoms with E-state index in [2.05, 4.69) is 17.2 Å². The van der Waals surface area contributed by atoms with Crippen LogP contribution >= 0.6 is 0 Å². The van der Waals surface area contributed by atoms with Gasteiger partial charge in [0, 0.05) is 18.3 Å². The lowest BCUT2D eigenvalue weighted by Gasteiger charge is -2.15. The second-order valence-corrected chi connectivity index (χ2v) is 6.32. The average Bonchev–Trinajstić information content (AvgIpc) is 3.06. The zero-order valence-electron chi connectivity index (χ0n) is 14.7. The van der Waals surface area contributed by atoms with Gasteiger partial charge in [0.2, 0.25) is 0 Å². The number of carboxylic acids is 1. The first-order valence-corrected chi connectivity index (χ1v) is 9.11. The summed E-state index contributed by atoms with van der Waals surface area (Å²) in [6.45, 7) is 2.14. The summed E-state index contributed by atoms with van der Waals surface area (Å²) in [7, 11) is 0.